The van der Waals surface area contributed by atoms with Crippen LogP contribution in [-0.2, 0) is 11.3 Å². The third-order valence-electron chi connectivity index (χ3n) is 4.81. The number of nitriles is 1. The standard InChI is InChI=1S/C21H20N4O2/c1-2-25-13-14(12-22)18-11-17(7-8-20(18)25)27-16-5-3-15(4-6-16)24-21(26)19-9-10-23-19/h3-8,11,13,19,23H,2,9-10H2,1H3,(H,24,26)/t19-/m0/s1. The van der Waals surface area contributed by atoms with Crippen LogP contribution in [0, 0.1) is 11.3 Å². The molecular weight excluding hydrogens is 340 g/mol. The van der Waals surface area contributed by atoms with Gasteiger partial charge in [0.1, 0.15) is 17.6 Å². The molecule has 6 nitrogen and oxygen atoms in total. The fraction of sp³-hybridized carbons (Fsp3) is 0.238. The van der Waals surface area contributed by atoms with Gasteiger partial charge in [0.2, 0.25) is 5.91 Å². The quantitative estimate of drug-likeness (QED) is 0.728. The molecule has 1 aliphatic rings. The van der Waals surface area contributed by atoms with E-state index in [1.807, 2.05) is 60.2 Å². The number of rotatable bonds is 5. The monoisotopic (exact) mass is 360 g/mol. The van der Waals surface area contributed by atoms with Crippen LogP contribution in [0.3, 0.4) is 0 Å². The molecule has 0 spiro atoms. The highest BCUT2D eigenvalue weighted by Gasteiger charge is 2.24. The van der Waals surface area contributed by atoms with Gasteiger partial charge >= 0.3 is 0 Å². The van der Waals surface area contributed by atoms with Gasteiger partial charge in [-0.1, -0.05) is 0 Å². The molecule has 1 fully saturated rings. The van der Waals surface area contributed by atoms with Crippen molar-refractivity contribution >= 4 is 22.5 Å². The van der Waals surface area contributed by atoms with Crippen molar-refractivity contribution in [3.8, 4) is 17.6 Å². The first-order chi connectivity index (χ1) is 13.2. The number of amides is 1. The molecular formula is C21H20N4O2. The average molecular weight is 360 g/mol. The Morgan fingerprint density at radius 3 is 2.67 bits per heavy atom. The molecule has 0 aliphatic carbocycles. The number of nitrogens with zero attached hydrogens (tertiary/aromatic N) is 2. The maximum absolute atomic E-state index is 11.9. The van der Waals surface area contributed by atoms with Gasteiger partial charge in [-0.15, -0.1) is 0 Å². The van der Waals surface area contributed by atoms with Crippen molar-refractivity contribution < 1.29 is 9.53 Å². The van der Waals surface area contributed by atoms with E-state index in [0.29, 0.717) is 17.1 Å². The Morgan fingerprint density at radius 2 is 2.04 bits per heavy atom. The van der Waals surface area contributed by atoms with Gasteiger partial charge in [0.15, 0.2) is 0 Å². The van der Waals surface area contributed by atoms with Crippen LogP contribution in [-0.4, -0.2) is 23.1 Å². The molecule has 0 bridgehead atoms. The van der Waals surface area contributed by atoms with Gasteiger partial charge in [-0.05, 0) is 62.4 Å². The predicted molar refractivity (Wildman–Crippen MR) is 104 cm³/mol. The summed E-state index contributed by atoms with van der Waals surface area (Å²) < 4.78 is 7.97. The molecule has 1 atom stereocenters. The molecule has 0 radical (unpaired) electrons. The summed E-state index contributed by atoms with van der Waals surface area (Å²) >= 11 is 0. The Balaban J connectivity index is 1.50. The van der Waals surface area contributed by atoms with E-state index in [0.717, 1.165) is 36.1 Å². The zero-order chi connectivity index (χ0) is 18.8. The lowest BCUT2D eigenvalue weighted by atomic mass is 10.1. The van der Waals surface area contributed by atoms with E-state index in [-0.39, 0.29) is 11.9 Å². The highest BCUT2D eigenvalue weighted by Crippen LogP contribution is 2.29. The molecule has 3 aromatic rings. The zero-order valence-corrected chi connectivity index (χ0v) is 15.0. The summed E-state index contributed by atoms with van der Waals surface area (Å²) in [5.41, 5.74) is 2.40. The Labute approximate surface area is 157 Å². The molecule has 4 rings (SSSR count). The summed E-state index contributed by atoms with van der Waals surface area (Å²) in [5.74, 6) is 1.33. The van der Waals surface area contributed by atoms with Crippen LogP contribution < -0.4 is 15.4 Å². The number of benzene rings is 2. The van der Waals surface area contributed by atoms with E-state index in [9.17, 15) is 10.1 Å². The maximum atomic E-state index is 11.9. The SMILES string of the molecule is CCn1cc(C#N)c2cc(Oc3ccc(NC(=O)[C@@H]4CCN4)cc3)ccc21. The van der Waals surface area contributed by atoms with Crippen molar-refractivity contribution in [1.82, 2.24) is 9.88 Å². The van der Waals surface area contributed by atoms with Crippen LogP contribution >= 0.6 is 0 Å². The number of aryl methyl sites for hydroxylation is 1. The smallest absolute Gasteiger partial charge is 0.241 e. The van der Waals surface area contributed by atoms with Gasteiger partial charge in [0.05, 0.1) is 11.6 Å². The van der Waals surface area contributed by atoms with Crippen molar-refractivity contribution in [3.05, 3.63) is 54.2 Å². The second-order valence-electron chi connectivity index (χ2n) is 6.53. The highest BCUT2D eigenvalue weighted by molar-refractivity contribution is 5.95. The van der Waals surface area contributed by atoms with Crippen LogP contribution in [0.4, 0.5) is 5.69 Å². The Hall–Kier alpha value is -3.30. The van der Waals surface area contributed by atoms with Crippen molar-refractivity contribution in [2.75, 3.05) is 11.9 Å². The number of fused-ring (bicyclic) bond motifs is 1. The average Bonchev–Trinajstić information content (AvgIpc) is 2.99. The number of hydrogen-bond donors (Lipinski definition) is 2. The summed E-state index contributed by atoms with van der Waals surface area (Å²) in [7, 11) is 0. The molecule has 0 unspecified atom stereocenters. The number of anilines is 1. The van der Waals surface area contributed by atoms with Crippen LogP contribution in [0.25, 0.3) is 10.9 Å². The Bertz CT molecular complexity index is 1030. The van der Waals surface area contributed by atoms with Gasteiger partial charge in [-0.2, -0.15) is 5.26 Å². The second-order valence-corrected chi connectivity index (χ2v) is 6.53. The van der Waals surface area contributed by atoms with Gasteiger partial charge in [-0.3, -0.25) is 4.79 Å². The molecule has 136 valence electrons. The summed E-state index contributed by atoms with van der Waals surface area (Å²) in [4.78, 5) is 11.9. The van der Waals surface area contributed by atoms with E-state index >= 15 is 0 Å². The number of ether oxygens (including phenoxy) is 1. The summed E-state index contributed by atoms with van der Waals surface area (Å²) in [6, 6.07) is 15.2. The number of aromatic nitrogens is 1. The van der Waals surface area contributed by atoms with Crippen molar-refractivity contribution in [1.29, 1.82) is 5.26 Å². The van der Waals surface area contributed by atoms with Gasteiger partial charge in [-0.25, -0.2) is 0 Å². The Morgan fingerprint density at radius 1 is 1.30 bits per heavy atom. The molecule has 1 aromatic heterocycles. The van der Waals surface area contributed by atoms with Crippen LogP contribution in [0.5, 0.6) is 11.5 Å². The molecule has 1 aliphatic heterocycles. The fourth-order valence-corrected chi connectivity index (χ4v) is 3.17. The maximum Gasteiger partial charge on any atom is 0.241 e. The van der Waals surface area contributed by atoms with Crippen molar-refractivity contribution in [2.45, 2.75) is 25.9 Å². The van der Waals surface area contributed by atoms with E-state index in [1.54, 1.807) is 0 Å². The summed E-state index contributed by atoms with van der Waals surface area (Å²) in [6.45, 7) is 3.75. The van der Waals surface area contributed by atoms with E-state index < -0.39 is 0 Å². The van der Waals surface area contributed by atoms with E-state index in [2.05, 4.69) is 16.7 Å². The minimum Gasteiger partial charge on any atom is -0.457 e. The molecule has 2 aromatic carbocycles. The first-order valence-electron chi connectivity index (χ1n) is 9.03. The van der Waals surface area contributed by atoms with Gasteiger partial charge in [0, 0.05) is 29.3 Å². The van der Waals surface area contributed by atoms with Crippen LogP contribution in [0.2, 0.25) is 0 Å². The lowest BCUT2D eigenvalue weighted by Crippen LogP contribution is -2.50. The molecule has 2 heterocycles. The Kier molecular flexibility index (Phi) is 4.53. The number of carbonyl (C=O) groups excluding carboxylic acids is 1. The molecule has 1 saturated heterocycles. The first-order valence-corrected chi connectivity index (χ1v) is 9.03. The van der Waals surface area contributed by atoms with E-state index in [1.165, 1.54) is 0 Å². The third-order valence-corrected chi connectivity index (χ3v) is 4.81. The zero-order valence-electron chi connectivity index (χ0n) is 15.0. The normalized spacial score (nSPS) is 15.8. The summed E-state index contributed by atoms with van der Waals surface area (Å²) in [6.07, 6.45) is 2.74. The number of nitrogens with one attached hydrogen (secondary N) is 2. The lowest BCUT2D eigenvalue weighted by Gasteiger charge is -2.26. The molecule has 0 saturated carbocycles. The van der Waals surface area contributed by atoms with Crippen LogP contribution in [0.15, 0.2) is 48.7 Å². The van der Waals surface area contributed by atoms with Gasteiger partial charge < -0.3 is 19.9 Å². The summed E-state index contributed by atoms with van der Waals surface area (Å²) in [5, 5.41) is 16.2. The molecule has 1 amide bonds. The molecule has 27 heavy (non-hydrogen) atoms. The first kappa shape index (κ1) is 17.1. The third kappa shape index (κ3) is 3.37. The van der Waals surface area contributed by atoms with Crippen molar-refractivity contribution in [3.63, 3.8) is 0 Å². The molecule has 2 N–H and O–H groups in total. The lowest BCUT2D eigenvalue weighted by molar-refractivity contribution is -0.119. The number of carbonyl (C=O) groups is 1. The topological polar surface area (TPSA) is 79.1 Å². The minimum atomic E-state index is -0.0857. The van der Waals surface area contributed by atoms with E-state index in [4.69, 9.17) is 4.74 Å². The highest BCUT2D eigenvalue weighted by atomic mass is 16.5. The predicted octanol–water partition coefficient (Wildman–Crippen LogP) is 3.63. The van der Waals surface area contributed by atoms with Gasteiger partial charge in [0.25, 0.3) is 0 Å². The van der Waals surface area contributed by atoms with Crippen molar-refractivity contribution in [2.24, 2.45) is 0 Å². The molecule has 6 heteroatoms. The fourth-order valence-electron chi connectivity index (χ4n) is 3.17. The minimum absolute atomic E-state index is 0.00941. The van der Waals surface area contributed by atoms with Crippen LogP contribution in [0.1, 0.15) is 18.9 Å². The second kappa shape index (κ2) is 7.14. The largest absolute Gasteiger partial charge is 0.457 e. The number of hydrogen-bond acceptors (Lipinski definition) is 4.